The van der Waals surface area contributed by atoms with E-state index in [1.807, 2.05) is 13.1 Å². The van der Waals surface area contributed by atoms with E-state index in [-0.39, 0.29) is 6.04 Å². The first-order chi connectivity index (χ1) is 12.8. The molecule has 1 fully saturated rings. The zero-order chi connectivity index (χ0) is 17.5. The molecule has 134 valence electrons. The molecule has 5 rings (SSSR count). The first kappa shape index (κ1) is 15.8. The van der Waals surface area contributed by atoms with Gasteiger partial charge in [0.25, 0.3) is 0 Å². The molecule has 1 saturated heterocycles. The van der Waals surface area contributed by atoms with Crippen molar-refractivity contribution in [3.05, 3.63) is 53.0 Å². The molecule has 3 aromatic rings. The normalized spacial score (nSPS) is 20.3. The van der Waals surface area contributed by atoms with Gasteiger partial charge >= 0.3 is 0 Å². The minimum Gasteiger partial charge on any atom is -0.379 e. The lowest BCUT2D eigenvalue weighted by Crippen LogP contribution is -2.35. The number of H-pyrrole nitrogens is 1. The highest BCUT2D eigenvalue weighted by Crippen LogP contribution is 2.36. The number of anilines is 1. The summed E-state index contributed by atoms with van der Waals surface area (Å²) in [5.74, 6) is 0.906. The van der Waals surface area contributed by atoms with E-state index in [0.29, 0.717) is 0 Å². The van der Waals surface area contributed by atoms with Gasteiger partial charge in [0.2, 0.25) is 0 Å². The molecule has 2 aromatic heterocycles. The second-order valence-electron chi connectivity index (χ2n) is 7.20. The molecule has 26 heavy (non-hydrogen) atoms. The SMILES string of the molecule is Cc1nc2nccc(C3Cc4cc(CN5CCOCC5)ccc4N3)c2[nH]1. The second-order valence-corrected chi connectivity index (χ2v) is 7.20. The van der Waals surface area contributed by atoms with E-state index in [4.69, 9.17) is 4.74 Å². The number of aromatic nitrogens is 3. The van der Waals surface area contributed by atoms with Crippen LogP contribution in [0.1, 0.15) is 28.6 Å². The predicted octanol–water partition coefficient (Wildman–Crippen LogP) is 2.81. The third-order valence-corrected chi connectivity index (χ3v) is 5.35. The number of nitrogens with zero attached hydrogens (tertiary/aromatic N) is 3. The van der Waals surface area contributed by atoms with Crippen LogP contribution in [0.5, 0.6) is 0 Å². The molecule has 2 aliphatic heterocycles. The average Bonchev–Trinajstić information content (AvgIpc) is 3.24. The van der Waals surface area contributed by atoms with E-state index >= 15 is 0 Å². The fraction of sp³-hybridized carbons (Fsp3) is 0.400. The number of nitrogens with one attached hydrogen (secondary N) is 2. The monoisotopic (exact) mass is 349 g/mol. The third-order valence-electron chi connectivity index (χ3n) is 5.35. The Kier molecular flexibility index (Phi) is 3.87. The largest absolute Gasteiger partial charge is 0.379 e. The highest BCUT2D eigenvalue weighted by Gasteiger charge is 2.25. The molecular formula is C20H23N5O. The van der Waals surface area contributed by atoms with Crippen molar-refractivity contribution in [1.82, 2.24) is 19.9 Å². The predicted molar refractivity (Wildman–Crippen MR) is 101 cm³/mol. The van der Waals surface area contributed by atoms with E-state index in [1.54, 1.807) is 0 Å². The minimum absolute atomic E-state index is 0.258. The third kappa shape index (κ3) is 2.85. The second kappa shape index (κ2) is 6.37. The molecule has 1 aromatic carbocycles. The quantitative estimate of drug-likeness (QED) is 0.761. The molecular weight excluding hydrogens is 326 g/mol. The number of benzene rings is 1. The number of aromatic amines is 1. The number of hydrogen-bond acceptors (Lipinski definition) is 5. The van der Waals surface area contributed by atoms with Crippen LogP contribution in [-0.4, -0.2) is 46.2 Å². The van der Waals surface area contributed by atoms with Gasteiger partial charge in [-0.1, -0.05) is 12.1 Å². The molecule has 0 aliphatic carbocycles. The Bertz CT molecular complexity index is 945. The molecule has 2 N–H and O–H groups in total. The number of morpholine rings is 1. The molecule has 0 spiro atoms. The van der Waals surface area contributed by atoms with Gasteiger partial charge in [0.05, 0.1) is 24.8 Å². The van der Waals surface area contributed by atoms with Crippen molar-refractivity contribution in [2.75, 3.05) is 31.6 Å². The van der Waals surface area contributed by atoms with Crippen molar-refractivity contribution in [3.63, 3.8) is 0 Å². The van der Waals surface area contributed by atoms with Crippen LogP contribution in [0.25, 0.3) is 11.2 Å². The zero-order valence-corrected chi connectivity index (χ0v) is 15.0. The van der Waals surface area contributed by atoms with Gasteiger partial charge in [0, 0.05) is 37.1 Å². The smallest absolute Gasteiger partial charge is 0.178 e. The minimum atomic E-state index is 0.258. The molecule has 0 radical (unpaired) electrons. The number of pyridine rings is 1. The lowest BCUT2D eigenvalue weighted by atomic mass is 10.0. The number of ether oxygens (including phenoxy) is 1. The summed E-state index contributed by atoms with van der Waals surface area (Å²) in [6.45, 7) is 6.70. The van der Waals surface area contributed by atoms with Crippen molar-refractivity contribution >= 4 is 16.9 Å². The lowest BCUT2D eigenvalue weighted by Gasteiger charge is -2.26. The Morgan fingerprint density at radius 3 is 3.00 bits per heavy atom. The molecule has 1 unspecified atom stereocenters. The summed E-state index contributed by atoms with van der Waals surface area (Å²) in [5, 5.41) is 3.67. The summed E-state index contributed by atoms with van der Waals surface area (Å²) < 4.78 is 5.45. The van der Waals surface area contributed by atoms with Gasteiger partial charge < -0.3 is 15.0 Å². The highest BCUT2D eigenvalue weighted by atomic mass is 16.5. The molecule has 1 atom stereocenters. The van der Waals surface area contributed by atoms with Crippen LogP contribution in [0.4, 0.5) is 5.69 Å². The Morgan fingerprint density at radius 1 is 1.23 bits per heavy atom. The molecule has 0 bridgehead atoms. The molecule has 0 saturated carbocycles. The molecule has 6 heteroatoms. The number of hydrogen-bond donors (Lipinski definition) is 2. The van der Waals surface area contributed by atoms with E-state index < -0.39 is 0 Å². The van der Waals surface area contributed by atoms with Crippen LogP contribution < -0.4 is 5.32 Å². The zero-order valence-electron chi connectivity index (χ0n) is 15.0. The summed E-state index contributed by atoms with van der Waals surface area (Å²) in [6, 6.07) is 9.18. The van der Waals surface area contributed by atoms with E-state index in [2.05, 4.69) is 49.4 Å². The molecule has 0 amide bonds. The topological polar surface area (TPSA) is 66.1 Å². The van der Waals surface area contributed by atoms with Crippen LogP contribution in [0.3, 0.4) is 0 Å². The Morgan fingerprint density at radius 2 is 2.12 bits per heavy atom. The molecule has 4 heterocycles. The van der Waals surface area contributed by atoms with Crippen molar-refractivity contribution in [2.24, 2.45) is 0 Å². The molecule has 2 aliphatic rings. The van der Waals surface area contributed by atoms with Gasteiger partial charge in [-0.3, -0.25) is 4.90 Å². The van der Waals surface area contributed by atoms with Gasteiger partial charge in [-0.25, -0.2) is 9.97 Å². The van der Waals surface area contributed by atoms with Gasteiger partial charge in [0.1, 0.15) is 5.82 Å². The van der Waals surface area contributed by atoms with Crippen molar-refractivity contribution in [1.29, 1.82) is 0 Å². The van der Waals surface area contributed by atoms with E-state index in [9.17, 15) is 0 Å². The Labute approximate surface area is 152 Å². The summed E-state index contributed by atoms with van der Waals surface area (Å²) in [4.78, 5) is 14.7. The Balaban J connectivity index is 1.38. The first-order valence-electron chi connectivity index (χ1n) is 9.26. The van der Waals surface area contributed by atoms with Crippen molar-refractivity contribution in [3.8, 4) is 0 Å². The maximum absolute atomic E-state index is 5.45. The van der Waals surface area contributed by atoms with Crippen LogP contribution in [0.2, 0.25) is 0 Å². The van der Waals surface area contributed by atoms with Crippen LogP contribution in [0.15, 0.2) is 30.5 Å². The number of fused-ring (bicyclic) bond motifs is 2. The van der Waals surface area contributed by atoms with Gasteiger partial charge in [-0.05, 0) is 36.6 Å². The maximum Gasteiger partial charge on any atom is 0.178 e. The van der Waals surface area contributed by atoms with Crippen LogP contribution in [-0.2, 0) is 17.7 Å². The number of imidazole rings is 1. The average molecular weight is 349 g/mol. The summed E-state index contributed by atoms with van der Waals surface area (Å²) in [6.07, 6.45) is 2.84. The van der Waals surface area contributed by atoms with Gasteiger partial charge in [-0.2, -0.15) is 0 Å². The fourth-order valence-electron chi connectivity index (χ4n) is 4.06. The lowest BCUT2D eigenvalue weighted by molar-refractivity contribution is 0.0342. The van der Waals surface area contributed by atoms with Crippen LogP contribution >= 0.6 is 0 Å². The van der Waals surface area contributed by atoms with E-state index in [1.165, 1.54) is 22.4 Å². The van der Waals surface area contributed by atoms with Crippen molar-refractivity contribution < 1.29 is 4.74 Å². The molecule has 6 nitrogen and oxygen atoms in total. The summed E-state index contributed by atoms with van der Waals surface area (Å²) >= 11 is 0. The first-order valence-corrected chi connectivity index (χ1v) is 9.26. The summed E-state index contributed by atoms with van der Waals surface area (Å²) in [5.41, 5.74) is 7.09. The number of aryl methyl sites for hydroxylation is 1. The highest BCUT2D eigenvalue weighted by molar-refractivity contribution is 5.77. The maximum atomic E-state index is 5.45. The summed E-state index contributed by atoms with van der Waals surface area (Å²) in [7, 11) is 0. The van der Waals surface area contributed by atoms with Crippen molar-refractivity contribution in [2.45, 2.75) is 25.9 Å². The Hall–Kier alpha value is -2.44. The fourth-order valence-corrected chi connectivity index (χ4v) is 4.06. The number of rotatable bonds is 3. The standard InChI is InChI=1S/C20H23N5O/c1-13-22-19-16(4-5-21-20(19)23-13)18-11-15-10-14(2-3-17(15)24-18)12-25-6-8-26-9-7-25/h2-5,10,18,24H,6-9,11-12H2,1H3,(H,21,22,23). The van der Waals surface area contributed by atoms with Gasteiger partial charge in [-0.15, -0.1) is 0 Å². The van der Waals surface area contributed by atoms with Gasteiger partial charge in [0.15, 0.2) is 5.65 Å². The van der Waals surface area contributed by atoms with E-state index in [0.717, 1.165) is 56.3 Å². The van der Waals surface area contributed by atoms with Crippen LogP contribution in [0, 0.1) is 6.92 Å².